The molecular formula is C16H11FN6O. The largest absolute Gasteiger partial charge is 0.507 e. The number of hydrogen-bond acceptors (Lipinski definition) is 5. The fourth-order valence-corrected chi connectivity index (χ4v) is 2.44. The number of aromatic amines is 2. The topological polar surface area (TPSA) is 103 Å². The molecular weight excluding hydrogens is 311 g/mol. The Morgan fingerprint density at radius 3 is 2.62 bits per heavy atom. The zero-order chi connectivity index (χ0) is 16.5. The molecule has 0 atom stereocenters. The Morgan fingerprint density at radius 1 is 0.958 bits per heavy atom. The highest BCUT2D eigenvalue weighted by molar-refractivity contribution is 5.76. The second-order valence-electron chi connectivity index (χ2n) is 5.11. The molecule has 0 bridgehead atoms. The fourth-order valence-electron chi connectivity index (χ4n) is 2.44. The average Bonchev–Trinajstić information content (AvgIpc) is 3.28. The van der Waals surface area contributed by atoms with E-state index in [9.17, 15) is 9.50 Å². The van der Waals surface area contributed by atoms with Gasteiger partial charge in [0.05, 0.1) is 11.4 Å². The molecule has 2 aromatic carbocycles. The van der Waals surface area contributed by atoms with Gasteiger partial charge >= 0.3 is 0 Å². The molecule has 24 heavy (non-hydrogen) atoms. The Hall–Kier alpha value is -3.55. The third kappa shape index (κ3) is 2.39. The van der Waals surface area contributed by atoms with Crippen LogP contribution in [-0.4, -0.2) is 35.9 Å². The van der Waals surface area contributed by atoms with E-state index in [1.54, 1.807) is 36.4 Å². The summed E-state index contributed by atoms with van der Waals surface area (Å²) in [7, 11) is 0. The minimum Gasteiger partial charge on any atom is -0.507 e. The molecule has 3 N–H and O–H groups in total. The molecule has 0 radical (unpaired) electrons. The van der Waals surface area contributed by atoms with E-state index in [4.69, 9.17) is 0 Å². The van der Waals surface area contributed by atoms with E-state index < -0.39 is 0 Å². The second kappa shape index (κ2) is 5.58. The molecule has 2 heterocycles. The molecule has 0 aliphatic carbocycles. The molecule has 118 valence electrons. The number of H-pyrrole nitrogens is 2. The lowest BCUT2D eigenvalue weighted by atomic mass is 10.0. The first-order valence-electron chi connectivity index (χ1n) is 7.10. The molecule has 0 saturated heterocycles. The smallest absolute Gasteiger partial charge is 0.204 e. The number of tetrazole rings is 1. The molecule has 0 unspecified atom stereocenters. The molecule has 4 rings (SSSR count). The van der Waals surface area contributed by atoms with Crippen molar-refractivity contribution in [2.75, 3.05) is 0 Å². The maximum absolute atomic E-state index is 13.9. The van der Waals surface area contributed by atoms with Crippen LogP contribution in [-0.2, 0) is 0 Å². The van der Waals surface area contributed by atoms with Crippen molar-refractivity contribution >= 4 is 0 Å². The summed E-state index contributed by atoms with van der Waals surface area (Å²) in [5.74, 6) is 0.104. The average molecular weight is 322 g/mol. The summed E-state index contributed by atoms with van der Waals surface area (Å²) in [5, 5.41) is 30.8. The van der Waals surface area contributed by atoms with Gasteiger partial charge in [0.2, 0.25) is 5.82 Å². The maximum Gasteiger partial charge on any atom is 0.204 e. The number of rotatable bonds is 3. The van der Waals surface area contributed by atoms with Gasteiger partial charge in [0.25, 0.3) is 0 Å². The predicted octanol–water partition coefficient (Wildman–Crippen LogP) is 2.77. The normalized spacial score (nSPS) is 10.9. The maximum atomic E-state index is 13.9. The summed E-state index contributed by atoms with van der Waals surface area (Å²) in [4.78, 5) is 0. The summed E-state index contributed by atoms with van der Waals surface area (Å²) < 4.78 is 13.9. The van der Waals surface area contributed by atoms with E-state index in [1.165, 1.54) is 12.1 Å². The fraction of sp³-hybridized carbons (Fsp3) is 0. The van der Waals surface area contributed by atoms with Crippen LogP contribution in [0.4, 0.5) is 4.39 Å². The van der Waals surface area contributed by atoms with Crippen molar-refractivity contribution in [2.24, 2.45) is 0 Å². The molecule has 0 spiro atoms. The number of phenolic OH excluding ortho intramolecular Hbond substituents is 1. The molecule has 0 aliphatic heterocycles. The number of phenols is 1. The van der Waals surface area contributed by atoms with E-state index in [1.807, 2.05) is 0 Å². The lowest BCUT2D eigenvalue weighted by molar-refractivity contribution is 0.477. The van der Waals surface area contributed by atoms with Crippen LogP contribution < -0.4 is 0 Å². The molecule has 0 fully saturated rings. The monoisotopic (exact) mass is 322 g/mol. The highest BCUT2D eigenvalue weighted by Gasteiger charge is 2.14. The van der Waals surface area contributed by atoms with Gasteiger partial charge in [-0.1, -0.05) is 12.1 Å². The van der Waals surface area contributed by atoms with Gasteiger partial charge in [0, 0.05) is 16.7 Å². The predicted molar refractivity (Wildman–Crippen MR) is 84.3 cm³/mol. The lowest BCUT2D eigenvalue weighted by Crippen LogP contribution is -1.85. The summed E-state index contributed by atoms with van der Waals surface area (Å²) >= 11 is 0. The summed E-state index contributed by atoms with van der Waals surface area (Å²) in [6, 6.07) is 13.0. The lowest BCUT2D eigenvalue weighted by Gasteiger charge is -2.03. The first kappa shape index (κ1) is 14.1. The van der Waals surface area contributed by atoms with Gasteiger partial charge in [0.15, 0.2) is 0 Å². The Kier molecular flexibility index (Phi) is 3.27. The van der Waals surface area contributed by atoms with Crippen LogP contribution in [0.3, 0.4) is 0 Å². The van der Waals surface area contributed by atoms with Crippen molar-refractivity contribution < 1.29 is 9.50 Å². The van der Waals surface area contributed by atoms with Gasteiger partial charge in [-0.05, 0) is 41.6 Å². The van der Waals surface area contributed by atoms with Crippen LogP contribution in [0.1, 0.15) is 0 Å². The van der Waals surface area contributed by atoms with Crippen LogP contribution in [0.2, 0.25) is 0 Å². The standard InChI is InChI=1S/C16H11FN6O/c17-12-4-2-1-3-10(12)13-8-14(19-18-13)11-7-9(5-6-15(11)24)16-20-22-23-21-16/h1-8,24H,(H,18,19)(H,20,21,22,23). The van der Waals surface area contributed by atoms with Crippen molar-refractivity contribution in [3.05, 3.63) is 54.3 Å². The van der Waals surface area contributed by atoms with Crippen LogP contribution in [0, 0.1) is 5.82 Å². The number of nitrogens with zero attached hydrogens (tertiary/aromatic N) is 4. The number of hydrogen-bond donors (Lipinski definition) is 3. The summed E-state index contributed by atoms with van der Waals surface area (Å²) in [6.45, 7) is 0. The molecule has 7 nitrogen and oxygen atoms in total. The zero-order valence-corrected chi connectivity index (χ0v) is 12.2. The van der Waals surface area contributed by atoms with Gasteiger partial charge in [-0.25, -0.2) is 4.39 Å². The Bertz CT molecular complexity index is 995. The molecule has 8 heteroatoms. The third-order valence-corrected chi connectivity index (χ3v) is 3.62. The van der Waals surface area contributed by atoms with Gasteiger partial charge in [-0.3, -0.25) is 5.10 Å². The molecule has 4 aromatic rings. The number of aromatic hydroxyl groups is 1. The van der Waals surface area contributed by atoms with E-state index >= 15 is 0 Å². The number of aromatic nitrogens is 6. The van der Waals surface area contributed by atoms with Crippen LogP contribution in [0.5, 0.6) is 5.75 Å². The van der Waals surface area contributed by atoms with Gasteiger partial charge in [0.1, 0.15) is 11.6 Å². The van der Waals surface area contributed by atoms with E-state index in [0.29, 0.717) is 33.9 Å². The first-order valence-corrected chi connectivity index (χ1v) is 7.10. The molecule has 0 amide bonds. The van der Waals surface area contributed by atoms with Crippen molar-refractivity contribution in [1.29, 1.82) is 0 Å². The van der Waals surface area contributed by atoms with Crippen LogP contribution in [0.25, 0.3) is 33.9 Å². The quantitative estimate of drug-likeness (QED) is 0.538. The van der Waals surface area contributed by atoms with Crippen molar-refractivity contribution in [1.82, 2.24) is 30.8 Å². The highest BCUT2D eigenvalue weighted by atomic mass is 19.1. The molecule has 0 saturated carbocycles. The summed E-state index contributed by atoms with van der Waals surface area (Å²) in [6.07, 6.45) is 0. The Labute approximate surface area is 135 Å². The van der Waals surface area contributed by atoms with Crippen molar-refractivity contribution in [3.63, 3.8) is 0 Å². The Morgan fingerprint density at radius 2 is 1.83 bits per heavy atom. The highest BCUT2D eigenvalue weighted by Crippen LogP contribution is 2.33. The van der Waals surface area contributed by atoms with E-state index in [0.717, 1.165) is 0 Å². The van der Waals surface area contributed by atoms with Crippen molar-refractivity contribution in [2.45, 2.75) is 0 Å². The van der Waals surface area contributed by atoms with Gasteiger partial charge in [-0.2, -0.15) is 10.3 Å². The first-order chi connectivity index (χ1) is 11.7. The Balaban J connectivity index is 1.77. The van der Waals surface area contributed by atoms with Crippen molar-refractivity contribution in [3.8, 4) is 39.7 Å². The molecule has 2 aromatic heterocycles. The molecule has 0 aliphatic rings. The number of benzene rings is 2. The minimum absolute atomic E-state index is 0.0498. The van der Waals surface area contributed by atoms with E-state index in [2.05, 4.69) is 30.8 Å². The summed E-state index contributed by atoms with van der Waals surface area (Å²) in [5.41, 5.74) is 2.57. The minimum atomic E-state index is -0.350. The van der Waals surface area contributed by atoms with E-state index in [-0.39, 0.29) is 11.6 Å². The van der Waals surface area contributed by atoms with Gasteiger partial charge in [-0.15, -0.1) is 10.2 Å². The number of nitrogens with one attached hydrogen (secondary N) is 2. The van der Waals surface area contributed by atoms with Gasteiger partial charge < -0.3 is 5.11 Å². The third-order valence-electron chi connectivity index (χ3n) is 3.62. The zero-order valence-electron chi connectivity index (χ0n) is 12.2. The number of halogens is 1. The van der Waals surface area contributed by atoms with Crippen LogP contribution >= 0.6 is 0 Å². The second-order valence-corrected chi connectivity index (χ2v) is 5.11. The van der Waals surface area contributed by atoms with Crippen LogP contribution in [0.15, 0.2) is 48.5 Å². The SMILES string of the molecule is Oc1ccc(-c2nn[nH]n2)cc1-c1cc(-c2ccccc2F)[nH]n1.